The van der Waals surface area contributed by atoms with Crippen LogP contribution in [0.15, 0.2) is 0 Å². The van der Waals surface area contributed by atoms with Gasteiger partial charge in [0.25, 0.3) is 0 Å². The molecular weight excluding hydrogens is 236 g/mol. The molecule has 0 aromatic heterocycles. The number of amides is 4. The summed E-state index contributed by atoms with van der Waals surface area (Å²) in [6.07, 6.45) is 1.23. The molecule has 102 valence electrons. The molecule has 0 aromatic carbocycles. The van der Waals surface area contributed by atoms with E-state index in [2.05, 4.69) is 5.32 Å². The molecule has 0 unspecified atom stereocenters. The molecule has 0 atom stereocenters. The topological polar surface area (TPSA) is 95.7 Å². The summed E-state index contributed by atoms with van der Waals surface area (Å²) in [4.78, 5) is 37.2. The highest BCUT2D eigenvalue weighted by molar-refractivity contribution is 5.85. The van der Waals surface area contributed by atoms with Crippen LogP contribution in [0.1, 0.15) is 12.8 Å². The lowest BCUT2D eigenvalue weighted by molar-refractivity contribution is -0.128. The molecule has 1 heterocycles. The molecule has 7 nitrogen and oxygen atoms in total. The molecule has 4 amide bonds. The highest BCUT2D eigenvalue weighted by atomic mass is 16.2. The Morgan fingerprint density at radius 3 is 2.28 bits per heavy atom. The molecule has 1 saturated heterocycles. The summed E-state index contributed by atoms with van der Waals surface area (Å²) in [5, 5.41) is 2.49. The third-order valence-electron chi connectivity index (χ3n) is 2.96. The van der Waals surface area contributed by atoms with Crippen LogP contribution in [0.5, 0.6) is 0 Å². The molecule has 18 heavy (non-hydrogen) atoms. The lowest BCUT2D eigenvalue weighted by Gasteiger charge is -2.32. The Hall–Kier alpha value is -1.79. The highest BCUT2D eigenvalue weighted by Gasteiger charge is 2.27. The number of nitrogens with two attached hydrogens (primary N) is 1. The van der Waals surface area contributed by atoms with Crippen LogP contribution in [0.4, 0.5) is 4.79 Å². The van der Waals surface area contributed by atoms with E-state index in [1.807, 2.05) is 0 Å². The van der Waals surface area contributed by atoms with E-state index in [4.69, 9.17) is 5.73 Å². The molecule has 0 radical (unpaired) electrons. The molecule has 3 N–H and O–H groups in total. The maximum Gasteiger partial charge on any atom is 0.319 e. The molecule has 0 aromatic rings. The van der Waals surface area contributed by atoms with E-state index in [1.165, 1.54) is 4.90 Å². The average Bonchev–Trinajstić information content (AvgIpc) is 2.35. The predicted octanol–water partition coefficient (Wildman–Crippen LogP) is -1.02. The highest BCUT2D eigenvalue weighted by Crippen LogP contribution is 2.17. The van der Waals surface area contributed by atoms with Crippen LogP contribution >= 0.6 is 0 Å². The normalized spacial score (nSPS) is 16.2. The Labute approximate surface area is 106 Å². The zero-order valence-electron chi connectivity index (χ0n) is 10.8. The predicted molar refractivity (Wildman–Crippen MR) is 65.6 cm³/mol. The van der Waals surface area contributed by atoms with Crippen LogP contribution in [-0.4, -0.2) is 61.4 Å². The van der Waals surface area contributed by atoms with Gasteiger partial charge in [-0.25, -0.2) is 4.79 Å². The molecule has 1 aliphatic heterocycles. The van der Waals surface area contributed by atoms with Gasteiger partial charge in [0.2, 0.25) is 11.8 Å². The fraction of sp³-hybridized carbons (Fsp3) is 0.727. The van der Waals surface area contributed by atoms with Crippen molar-refractivity contribution in [2.24, 2.45) is 11.7 Å². The number of hydrogen-bond acceptors (Lipinski definition) is 3. The summed E-state index contributed by atoms with van der Waals surface area (Å²) >= 11 is 0. The molecule has 0 bridgehead atoms. The van der Waals surface area contributed by atoms with Crippen molar-refractivity contribution in [2.45, 2.75) is 12.8 Å². The van der Waals surface area contributed by atoms with E-state index in [1.54, 1.807) is 19.0 Å². The van der Waals surface area contributed by atoms with Crippen LogP contribution in [0.3, 0.4) is 0 Å². The van der Waals surface area contributed by atoms with Gasteiger partial charge in [0, 0.05) is 33.1 Å². The number of nitrogens with one attached hydrogen (secondary N) is 1. The van der Waals surface area contributed by atoms with Crippen LogP contribution in [0, 0.1) is 5.92 Å². The standard InChI is InChI=1S/C11H20N4O3/c1-14(2)11(18)15-5-3-8(4-6-15)10(17)13-7-9(12)16/h8H,3-7H2,1-2H3,(H2,12,16)(H,13,17). The van der Waals surface area contributed by atoms with E-state index >= 15 is 0 Å². The van der Waals surface area contributed by atoms with Crippen molar-refractivity contribution < 1.29 is 14.4 Å². The maximum atomic E-state index is 11.7. The molecule has 0 aliphatic carbocycles. The minimum Gasteiger partial charge on any atom is -0.368 e. The van der Waals surface area contributed by atoms with Crippen molar-refractivity contribution in [3.8, 4) is 0 Å². The van der Waals surface area contributed by atoms with Gasteiger partial charge >= 0.3 is 6.03 Å². The minimum atomic E-state index is -0.552. The van der Waals surface area contributed by atoms with Gasteiger partial charge in [-0.15, -0.1) is 0 Å². The molecular formula is C11H20N4O3. The zero-order chi connectivity index (χ0) is 13.7. The Morgan fingerprint density at radius 2 is 1.83 bits per heavy atom. The van der Waals surface area contributed by atoms with E-state index in [-0.39, 0.29) is 24.4 Å². The maximum absolute atomic E-state index is 11.7. The lowest BCUT2D eigenvalue weighted by Crippen LogP contribution is -2.47. The molecule has 7 heteroatoms. The second-order valence-corrected chi connectivity index (χ2v) is 4.62. The Morgan fingerprint density at radius 1 is 1.28 bits per heavy atom. The first kappa shape index (κ1) is 14.3. The number of carbonyl (C=O) groups is 3. The third-order valence-corrected chi connectivity index (χ3v) is 2.96. The van der Waals surface area contributed by atoms with Gasteiger partial charge in [-0.1, -0.05) is 0 Å². The second-order valence-electron chi connectivity index (χ2n) is 4.62. The molecule has 0 spiro atoms. The average molecular weight is 256 g/mol. The Kier molecular flexibility index (Phi) is 4.94. The third kappa shape index (κ3) is 3.90. The fourth-order valence-electron chi connectivity index (χ4n) is 1.93. The van der Waals surface area contributed by atoms with Crippen molar-refractivity contribution in [3.63, 3.8) is 0 Å². The van der Waals surface area contributed by atoms with Gasteiger partial charge in [-0.3, -0.25) is 9.59 Å². The first-order valence-electron chi connectivity index (χ1n) is 5.94. The number of piperidine rings is 1. The number of likely N-dealkylation sites (tertiary alicyclic amines) is 1. The van der Waals surface area contributed by atoms with Gasteiger partial charge < -0.3 is 20.9 Å². The molecule has 1 fully saturated rings. The van der Waals surface area contributed by atoms with Crippen LogP contribution in [-0.2, 0) is 9.59 Å². The van der Waals surface area contributed by atoms with Crippen LogP contribution in [0.2, 0.25) is 0 Å². The first-order chi connectivity index (χ1) is 8.41. The number of hydrogen-bond donors (Lipinski definition) is 2. The SMILES string of the molecule is CN(C)C(=O)N1CCC(C(=O)NCC(N)=O)CC1. The van der Waals surface area contributed by atoms with Crippen molar-refractivity contribution in [3.05, 3.63) is 0 Å². The van der Waals surface area contributed by atoms with E-state index in [9.17, 15) is 14.4 Å². The number of nitrogens with zero attached hydrogens (tertiary/aromatic N) is 2. The Balaban J connectivity index is 2.37. The zero-order valence-corrected chi connectivity index (χ0v) is 10.8. The van der Waals surface area contributed by atoms with Gasteiger partial charge in [-0.2, -0.15) is 0 Å². The molecule has 1 rings (SSSR count). The largest absolute Gasteiger partial charge is 0.368 e. The van der Waals surface area contributed by atoms with Crippen molar-refractivity contribution in [1.82, 2.24) is 15.1 Å². The summed E-state index contributed by atoms with van der Waals surface area (Å²) in [6.45, 7) is 0.993. The second kappa shape index (κ2) is 6.23. The number of carbonyl (C=O) groups excluding carboxylic acids is 3. The minimum absolute atomic E-state index is 0.0361. The smallest absolute Gasteiger partial charge is 0.319 e. The van der Waals surface area contributed by atoms with Gasteiger partial charge in [0.1, 0.15) is 0 Å². The van der Waals surface area contributed by atoms with Crippen molar-refractivity contribution >= 4 is 17.8 Å². The van der Waals surface area contributed by atoms with Crippen LogP contribution in [0.25, 0.3) is 0 Å². The van der Waals surface area contributed by atoms with Crippen molar-refractivity contribution in [1.29, 1.82) is 0 Å². The lowest BCUT2D eigenvalue weighted by atomic mass is 9.96. The fourth-order valence-corrected chi connectivity index (χ4v) is 1.93. The first-order valence-corrected chi connectivity index (χ1v) is 5.94. The molecule has 1 aliphatic rings. The quantitative estimate of drug-likeness (QED) is 0.676. The van der Waals surface area contributed by atoms with E-state index < -0.39 is 5.91 Å². The van der Waals surface area contributed by atoms with Crippen LogP contribution < -0.4 is 11.1 Å². The Bertz CT molecular complexity index is 335. The summed E-state index contributed by atoms with van der Waals surface area (Å²) in [6, 6.07) is -0.0361. The monoisotopic (exact) mass is 256 g/mol. The summed E-state index contributed by atoms with van der Waals surface area (Å²) in [5.74, 6) is -0.857. The summed E-state index contributed by atoms with van der Waals surface area (Å²) in [7, 11) is 3.40. The van der Waals surface area contributed by atoms with Gasteiger partial charge in [-0.05, 0) is 12.8 Å². The number of rotatable bonds is 3. The number of urea groups is 1. The van der Waals surface area contributed by atoms with Gasteiger partial charge in [0.05, 0.1) is 6.54 Å². The van der Waals surface area contributed by atoms with Gasteiger partial charge in [0.15, 0.2) is 0 Å². The van der Waals surface area contributed by atoms with E-state index in [0.717, 1.165) is 0 Å². The van der Waals surface area contributed by atoms with E-state index in [0.29, 0.717) is 25.9 Å². The molecule has 0 saturated carbocycles. The summed E-state index contributed by atoms with van der Waals surface area (Å²) in [5.41, 5.74) is 4.95. The van der Waals surface area contributed by atoms with Crippen molar-refractivity contribution in [2.75, 3.05) is 33.7 Å². The summed E-state index contributed by atoms with van der Waals surface area (Å²) < 4.78 is 0. The number of primary amides is 1.